The average Bonchev–Trinajstić information content (AvgIpc) is 2.91. The summed E-state index contributed by atoms with van der Waals surface area (Å²) in [5.41, 5.74) is 0. The molecule has 1 aromatic rings. The fraction of sp³-hybridized carbons (Fsp3) is 0.833. The molecule has 2 N–H and O–H groups in total. The third-order valence-electron chi connectivity index (χ3n) is 5.45. The predicted molar refractivity (Wildman–Crippen MR) is 98.9 cm³/mol. The van der Waals surface area contributed by atoms with Crippen molar-refractivity contribution >= 4 is 5.96 Å². The number of nitrogens with zero attached hydrogens (tertiary/aromatic N) is 4. The molecule has 1 heterocycles. The first-order chi connectivity index (χ1) is 11.5. The minimum atomic E-state index is 0.409. The minimum absolute atomic E-state index is 0.409. The summed E-state index contributed by atoms with van der Waals surface area (Å²) in [6, 6.07) is 0.409. The molecule has 136 valence electrons. The fourth-order valence-electron chi connectivity index (χ4n) is 3.47. The van der Waals surface area contributed by atoms with Gasteiger partial charge < -0.3 is 15.2 Å². The van der Waals surface area contributed by atoms with Gasteiger partial charge in [0, 0.05) is 19.6 Å². The molecule has 0 aliphatic heterocycles. The Hall–Kier alpha value is -1.59. The van der Waals surface area contributed by atoms with Crippen molar-refractivity contribution in [2.24, 2.45) is 23.9 Å². The molecule has 0 amide bonds. The van der Waals surface area contributed by atoms with Crippen LogP contribution in [-0.4, -0.2) is 33.3 Å². The first-order valence-electron chi connectivity index (χ1n) is 9.42. The van der Waals surface area contributed by atoms with Crippen LogP contribution in [-0.2, 0) is 13.6 Å². The molecule has 1 aliphatic rings. The van der Waals surface area contributed by atoms with Gasteiger partial charge in [-0.2, -0.15) is 0 Å². The van der Waals surface area contributed by atoms with Gasteiger partial charge >= 0.3 is 0 Å². The summed E-state index contributed by atoms with van der Waals surface area (Å²) in [7, 11) is 1.98. The predicted octanol–water partition coefficient (Wildman–Crippen LogP) is 2.78. The van der Waals surface area contributed by atoms with E-state index in [1.807, 2.05) is 18.5 Å². The van der Waals surface area contributed by atoms with E-state index in [1.54, 1.807) is 0 Å². The second-order valence-corrected chi connectivity index (χ2v) is 7.11. The standard InChI is InChI=1S/C18H34N6/c1-6-19-18(20-12-17-23-22-15(4)24(17)5)21-14(3)13(2)16-10-8-7-9-11-16/h13-14,16H,6-12H2,1-5H3,(H2,19,20,21). The van der Waals surface area contributed by atoms with Crippen LogP contribution < -0.4 is 10.6 Å². The van der Waals surface area contributed by atoms with Crippen LogP contribution in [0.15, 0.2) is 4.99 Å². The Kier molecular flexibility index (Phi) is 7.06. The number of aromatic nitrogens is 3. The van der Waals surface area contributed by atoms with Crippen molar-refractivity contribution in [3.8, 4) is 0 Å². The van der Waals surface area contributed by atoms with Gasteiger partial charge in [-0.1, -0.05) is 39.0 Å². The lowest BCUT2D eigenvalue weighted by atomic mass is 9.78. The number of hydrogen-bond acceptors (Lipinski definition) is 3. The fourth-order valence-corrected chi connectivity index (χ4v) is 3.47. The Morgan fingerprint density at radius 3 is 2.54 bits per heavy atom. The maximum atomic E-state index is 4.70. The molecule has 6 nitrogen and oxygen atoms in total. The van der Waals surface area contributed by atoms with Gasteiger partial charge in [0.2, 0.25) is 0 Å². The van der Waals surface area contributed by atoms with Gasteiger partial charge in [0.15, 0.2) is 11.8 Å². The third kappa shape index (κ3) is 4.95. The molecule has 0 saturated heterocycles. The van der Waals surface area contributed by atoms with E-state index in [1.165, 1.54) is 32.1 Å². The summed E-state index contributed by atoms with van der Waals surface area (Å²) in [5.74, 6) is 4.17. The van der Waals surface area contributed by atoms with Crippen LogP contribution in [0.3, 0.4) is 0 Å². The summed E-state index contributed by atoms with van der Waals surface area (Å²) in [6.45, 7) is 10.1. The number of guanidine groups is 1. The lowest BCUT2D eigenvalue weighted by Gasteiger charge is -2.32. The molecule has 0 radical (unpaired) electrons. The van der Waals surface area contributed by atoms with E-state index in [-0.39, 0.29) is 0 Å². The zero-order chi connectivity index (χ0) is 17.5. The summed E-state index contributed by atoms with van der Waals surface area (Å²) in [5, 5.41) is 15.2. The quantitative estimate of drug-likeness (QED) is 0.620. The number of nitrogens with one attached hydrogen (secondary N) is 2. The Bertz CT molecular complexity index is 530. The topological polar surface area (TPSA) is 67.1 Å². The van der Waals surface area contributed by atoms with Crippen LogP contribution >= 0.6 is 0 Å². The van der Waals surface area contributed by atoms with E-state index in [2.05, 4.69) is 41.6 Å². The van der Waals surface area contributed by atoms with Crippen LogP contribution in [0.4, 0.5) is 0 Å². The summed E-state index contributed by atoms with van der Waals surface area (Å²) >= 11 is 0. The van der Waals surface area contributed by atoms with E-state index in [4.69, 9.17) is 4.99 Å². The van der Waals surface area contributed by atoms with E-state index in [9.17, 15) is 0 Å². The molecule has 2 unspecified atom stereocenters. The second-order valence-electron chi connectivity index (χ2n) is 7.11. The van der Waals surface area contributed by atoms with Gasteiger partial charge in [0.25, 0.3) is 0 Å². The van der Waals surface area contributed by atoms with Crippen molar-refractivity contribution in [3.05, 3.63) is 11.6 Å². The Labute approximate surface area is 146 Å². The maximum Gasteiger partial charge on any atom is 0.191 e. The molecule has 0 aromatic carbocycles. The summed E-state index contributed by atoms with van der Waals surface area (Å²) in [6.07, 6.45) is 6.94. The monoisotopic (exact) mass is 334 g/mol. The molecule has 1 saturated carbocycles. The number of aryl methyl sites for hydroxylation is 1. The Morgan fingerprint density at radius 1 is 1.25 bits per heavy atom. The van der Waals surface area contributed by atoms with Gasteiger partial charge in [0.05, 0.1) is 0 Å². The van der Waals surface area contributed by atoms with Gasteiger partial charge in [-0.25, -0.2) is 4.99 Å². The molecule has 1 aromatic heterocycles. The van der Waals surface area contributed by atoms with Crippen LogP contribution in [0.5, 0.6) is 0 Å². The lowest BCUT2D eigenvalue weighted by Crippen LogP contribution is -2.46. The van der Waals surface area contributed by atoms with Crippen molar-refractivity contribution in [2.75, 3.05) is 6.54 Å². The first kappa shape index (κ1) is 18.7. The number of hydrogen-bond donors (Lipinski definition) is 2. The smallest absolute Gasteiger partial charge is 0.191 e. The van der Waals surface area contributed by atoms with Gasteiger partial charge in [-0.15, -0.1) is 10.2 Å². The molecule has 0 bridgehead atoms. The molecule has 1 aliphatic carbocycles. The first-order valence-corrected chi connectivity index (χ1v) is 9.42. The normalized spacial score (nSPS) is 19.1. The number of rotatable bonds is 6. The van der Waals surface area contributed by atoms with Crippen molar-refractivity contribution < 1.29 is 0 Å². The third-order valence-corrected chi connectivity index (χ3v) is 5.45. The molecule has 6 heteroatoms. The molecule has 0 spiro atoms. The highest BCUT2D eigenvalue weighted by molar-refractivity contribution is 5.80. The zero-order valence-electron chi connectivity index (χ0n) is 16.0. The van der Waals surface area contributed by atoms with E-state index >= 15 is 0 Å². The van der Waals surface area contributed by atoms with Crippen molar-refractivity contribution in [1.82, 2.24) is 25.4 Å². The second kappa shape index (κ2) is 9.04. The molecule has 2 rings (SSSR count). The molecular weight excluding hydrogens is 300 g/mol. The highest BCUT2D eigenvalue weighted by Gasteiger charge is 2.25. The number of aliphatic imine (C=N–C) groups is 1. The maximum absolute atomic E-state index is 4.70. The molecule has 1 fully saturated rings. The highest BCUT2D eigenvalue weighted by Crippen LogP contribution is 2.31. The Morgan fingerprint density at radius 2 is 1.96 bits per heavy atom. The molecular formula is C18H34N6. The molecule has 24 heavy (non-hydrogen) atoms. The van der Waals surface area contributed by atoms with E-state index in [0.717, 1.165) is 30.1 Å². The van der Waals surface area contributed by atoms with Crippen molar-refractivity contribution in [1.29, 1.82) is 0 Å². The minimum Gasteiger partial charge on any atom is -0.357 e. The van der Waals surface area contributed by atoms with Crippen molar-refractivity contribution in [3.63, 3.8) is 0 Å². The summed E-state index contributed by atoms with van der Waals surface area (Å²) < 4.78 is 1.99. The SMILES string of the molecule is CCNC(=NCc1nnc(C)n1C)NC(C)C(C)C1CCCCC1. The van der Waals surface area contributed by atoms with Crippen LogP contribution in [0.25, 0.3) is 0 Å². The van der Waals surface area contributed by atoms with Crippen LogP contribution in [0.2, 0.25) is 0 Å². The Balaban J connectivity index is 1.95. The van der Waals surface area contributed by atoms with E-state index in [0.29, 0.717) is 18.5 Å². The molecule has 2 atom stereocenters. The lowest BCUT2D eigenvalue weighted by molar-refractivity contribution is 0.229. The zero-order valence-corrected chi connectivity index (χ0v) is 16.0. The van der Waals surface area contributed by atoms with Crippen LogP contribution in [0, 0.1) is 18.8 Å². The summed E-state index contributed by atoms with van der Waals surface area (Å²) in [4.78, 5) is 4.70. The van der Waals surface area contributed by atoms with Gasteiger partial charge in [0.1, 0.15) is 12.4 Å². The van der Waals surface area contributed by atoms with E-state index < -0.39 is 0 Å². The van der Waals surface area contributed by atoms with Gasteiger partial charge in [-0.3, -0.25) is 0 Å². The largest absolute Gasteiger partial charge is 0.357 e. The van der Waals surface area contributed by atoms with Gasteiger partial charge in [-0.05, 0) is 32.6 Å². The van der Waals surface area contributed by atoms with Crippen LogP contribution in [0.1, 0.15) is 64.5 Å². The van der Waals surface area contributed by atoms with Crippen molar-refractivity contribution in [2.45, 2.75) is 72.4 Å². The highest BCUT2D eigenvalue weighted by atomic mass is 15.3. The average molecular weight is 335 g/mol.